The molecule has 2 atom stereocenters. The van der Waals surface area contributed by atoms with Gasteiger partial charge >= 0.3 is 18.3 Å². The van der Waals surface area contributed by atoms with Crippen LogP contribution in [0.4, 0.5) is 26.3 Å². The molecule has 0 amide bonds. The molecule has 0 saturated carbocycles. The van der Waals surface area contributed by atoms with Crippen molar-refractivity contribution >= 4 is 0 Å². The minimum atomic E-state index is -5.05. The Hall–Kier alpha value is -0.580. The number of nitrogens with zero attached hydrogens (tertiary/aromatic N) is 2. The molecular weight excluding hydrogens is 342 g/mol. The predicted octanol–water partition coefficient (Wildman–Crippen LogP) is 3.58. The fourth-order valence-electron chi connectivity index (χ4n) is 2.97. The van der Waals surface area contributed by atoms with Crippen LogP contribution in [-0.2, 0) is 9.47 Å². The third-order valence-corrected chi connectivity index (χ3v) is 4.17. The standard InChI is InChI=1S/C14H24F6N2O2/c1-5-10(11(6-2)23-4)22-13(17,18)12(15,16)21(14(22,19)20)8-9-24-7-3/h10-11H,5-9H2,1-4H3. The normalized spacial score (nSPS) is 25.8. The molecule has 0 aromatic carbocycles. The average molecular weight is 366 g/mol. The van der Waals surface area contributed by atoms with Gasteiger partial charge in [0.2, 0.25) is 0 Å². The Balaban J connectivity index is 3.27. The van der Waals surface area contributed by atoms with E-state index < -0.39 is 53.4 Å². The first kappa shape index (κ1) is 21.5. The van der Waals surface area contributed by atoms with Gasteiger partial charge in [-0.2, -0.15) is 36.1 Å². The summed E-state index contributed by atoms with van der Waals surface area (Å²) in [5.74, 6) is 0. The molecule has 4 nitrogen and oxygen atoms in total. The van der Waals surface area contributed by atoms with E-state index in [1.807, 2.05) is 0 Å². The summed E-state index contributed by atoms with van der Waals surface area (Å²) in [6.07, 6.45) is -5.65. The van der Waals surface area contributed by atoms with Crippen LogP contribution in [0.25, 0.3) is 0 Å². The second-order valence-corrected chi connectivity index (χ2v) is 5.47. The Kier molecular flexibility index (Phi) is 6.94. The SMILES string of the molecule is CCOCCN1C(F)(F)N(C(CC)C(CC)OC)C(F)(F)C1(F)F. The molecule has 144 valence electrons. The highest BCUT2D eigenvalue weighted by molar-refractivity contribution is 5.02. The van der Waals surface area contributed by atoms with E-state index in [1.165, 1.54) is 14.0 Å². The number of methoxy groups -OCH3 is 1. The lowest BCUT2D eigenvalue weighted by Gasteiger charge is -2.38. The lowest BCUT2D eigenvalue weighted by molar-refractivity contribution is -0.296. The van der Waals surface area contributed by atoms with Gasteiger partial charge in [-0.05, 0) is 19.8 Å². The van der Waals surface area contributed by atoms with E-state index in [0.717, 1.165) is 0 Å². The molecule has 0 N–H and O–H groups in total. The van der Waals surface area contributed by atoms with E-state index in [9.17, 15) is 26.3 Å². The van der Waals surface area contributed by atoms with E-state index in [0.29, 0.717) is 0 Å². The molecular formula is C14H24F6N2O2. The molecule has 1 saturated heterocycles. The molecule has 1 fully saturated rings. The maximum Gasteiger partial charge on any atom is 0.388 e. The quantitative estimate of drug-likeness (QED) is 0.354. The molecule has 24 heavy (non-hydrogen) atoms. The molecule has 10 heteroatoms. The summed E-state index contributed by atoms with van der Waals surface area (Å²) in [5.41, 5.74) is 0. The molecule has 0 aromatic rings. The third-order valence-electron chi connectivity index (χ3n) is 4.17. The number of halogens is 6. The molecule has 0 radical (unpaired) electrons. The smallest absolute Gasteiger partial charge is 0.380 e. The summed E-state index contributed by atoms with van der Waals surface area (Å²) in [7, 11) is 1.17. The van der Waals surface area contributed by atoms with Gasteiger partial charge in [0, 0.05) is 26.3 Å². The van der Waals surface area contributed by atoms with Gasteiger partial charge in [0.25, 0.3) is 0 Å². The Labute approximate surface area is 137 Å². The second kappa shape index (κ2) is 7.76. The summed E-state index contributed by atoms with van der Waals surface area (Å²) in [5, 5.41) is 0. The lowest BCUT2D eigenvalue weighted by Crippen LogP contribution is -2.58. The fraction of sp³-hybridized carbons (Fsp3) is 1.00. The molecule has 1 aliphatic heterocycles. The minimum absolute atomic E-state index is 0.101. The molecule has 0 bridgehead atoms. The van der Waals surface area contributed by atoms with Gasteiger partial charge in [0.1, 0.15) is 0 Å². The molecule has 1 rings (SSSR count). The maximum atomic E-state index is 14.5. The lowest BCUT2D eigenvalue weighted by atomic mass is 10.0. The van der Waals surface area contributed by atoms with Crippen LogP contribution in [0.15, 0.2) is 0 Å². The summed E-state index contributed by atoms with van der Waals surface area (Å²) >= 11 is 0. The first-order chi connectivity index (χ1) is 11.0. The van der Waals surface area contributed by atoms with E-state index in [-0.39, 0.29) is 19.4 Å². The van der Waals surface area contributed by atoms with Crippen molar-refractivity contribution in [2.45, 2.75) is 64.0 Å². The largest absolute Gasteiger partial charge is 0.388 e. The fourth-order valence-corrected chi connectivity index (χ4v) is 2.97. The predicted molar refractivity (Wildman–Crippen MR) is 75.0 cm³/mol. The van der Waals surface area contributed by atoms with Gasteiger partial charge in [0.05, 0.1) is 12.7 Å². The van der Waals surface area contributed by atoms with Crippen molar-refractivity contribution in [2.24, 2.45) is 0 Å². The second-order valence-electron chi connectivity index (χ2n) is 5.47. The van der Waals surface area contributed by atoms with Crippen molar-refractivity contribution in [3.8, 4) is 0 Å². The number of alkyl halides is 6. The van der Waals surface area contributed by atoms with E-state index >= 15 is 0 Å². The van der Waals surface area contributed by atoms with Crippen LogP contribution < -0.4 is 0 Å². The van der Waals surface area contributed by atoms with Gasteiger partial charge in [-0.3, -0.25) is 0 Å². The van der Waals surface area contributed by atoms with Gasteiger partial charge in [-0.15, -0.1) is 0 Å². The molecule has 0 spiro atoms. The first-order valence-electron chi connectivity index (χ1n) is 7.85. The maximum absolute atomic E-state index is 14.5. The van der Waals surface area contributed by atoms with Crippen LogP contribution in [0.3, 0.4) is 0 Å². The Morgan fingerprint density at radius 1 is 0.917 bits per heavy atom. The van der Waals surface area contributed by atoms with E-state index in [2.05, 4.69) is 0 Å². The molecule has 0 aromatic heterocycles. The van der Waals surface area contributed by atoms with Gasteiger partial charge in [0.15, 0.2) is 0 Å². The number of ether oxygens (including phenoxy) is 2. The van der Waals surface area contributed by atoms with Crippen LogP contribution in [0.1, 0.15) is 33.6 Å². The summed E-state index contributed by atoms with van der Waals surface area (Å²) in [6, 6.07) is -11.7. The Bertz CT molecular complexity index is 407. The summed E-state index contributed by atoms with van der Waals surface area (Å²) < 4.78 is 95.5. The highest BCUT2D eigenvalue weighted by Gasteiger charge is 2.81. The summed E-state index contributed by atoms with van der Waals surface area (Å²) in [4.78, 5) is -1.50. The first-order valence-corrected chi connectivity index (χ1v) is 7.85. The van der Waals surface area contributed by atoms with E-state index in [4.69, 9.17) is 9.47 Å². The van der Waals surface area contributed by atoms with E-state index in [1.54, 1.807) is 13.8 Å². The van der Waals surface area contributed by atoms with Crippen molar-refractivity contribution in [1.82, 2.24) is 9.80 Å². The van der Waals surface area contributed by atoms with Gasteiger partial charge in [-0.25, -0.2) is 0 Å². The zero-order valence-corrected chi connectivity index (χ0v) is 14.2. The number of rotatable bonds is 9. The van der Waals surface area contributed by atoms with Crippen molar-refractivity contribution < 1.29 is 35.8 Å². The number of hydrogen-bond acceptors (Lipinski definition) is 4. The monoisotopic (exact) mass is 366 g/mol. The average Bonchev–Trinajstić information content (AvgIpc) is 2.59. The van der Waals surface area contributed by atoms with Crippen LogP contribution in [0.2, 0.25) is 0 Å². The zero-order chi connectivity index (χ0) is 18.8. The van der Waals surface area contributed by atoms with Crippen molar-refractivity contribution in [1.29, 1.82) is 0 Å². The Morgan fingerprint density at radius 2 is 1.50 bits per heavy atom. The Morgan fingerprint density at radius 3 is 1.92 bits per heavy atom. The van der Waals surface area contributed by atoms with Crippen LogP contribution in [0.5, 0.6) is 0 Å². The molecule has 1 heterocycles. The van der Waals surface area contributed by atoms with Crippen molar-refractivity contribution in [3.05, 3.63) is 0 Å². The highest BCUT2D eigenvalue weighted by atomic mass is 19.3. The van der Waals surface area contributed by atoms with Crippen LogP contribution in [0, 0.1) is 0 Å². The van der Waals surface area contributed by atoms with Crippen molar-refractivity contribution in [2.75, 3.05) is 26.9 Å². The van der Waals surface area contributed by atoms with Crippen LogP contribution in [-0.4, -0.2) is 67.1 Å². The molecule has 1 aliphatic rings. The summed E-state index contributed by atoms with van der Waals surface area (Å²) in [6.45, 7) is 3.03. The van der Waals surface area contributed by atoms with Gasteiger partial charge < -0.3 is 9.47 Å². The molecule has 2 unspecified atom stereocenters. The molecule has 0 aliphatic carbocycles. The van der Waals surface area contributed by atoms with Crippen molar-refractivity contribution in [3.63, 3.8) is 0 Å². The topological polar surface area (TPSA) is 24.9 Å². The number of hydrogen-bond donors (Lipinski definition) is 0. The van der Waals surface area contributed by atoms with Crippen LogP contribution >= 0.6 is 0 Å². The third kappa shape index (κ3) is 3.38. The minimum Gasteiger partial charge on any atom is -0.380 e. The zero-order valence-electron chi connectivity index (χ0n) is 14.2. The van der Waals surface area contributed by atoms with Gasteiger partial charge in [-0.1, -0.05) is 13.8 Å². The highest BCUT2D eigenvalue weighted by Crippen LogP contribution is 2.55.